The number of anilines is 3. The molecule has 0 radical (unpaired) electrons. The molecule has 0 spiro atoms. The first kappa shape index (κ1) is 11.4. The van der Waals surface area contributed by atoms with Crippen LogP contribution in [0.5, 0.6) is 0 Å². The van der Waals surface area contributed by atoms with E-state index >= 15 is 0 Å². The molecule has 1 aromatic carbocycles. The predicted molar refractivity (Wildman–Crippen MR) is 70.8 cm³/mol. The van der Waals surface area contributed by atoms with Gasteiger partial charge in [0.25, 0.3) is 0 Å². The van der Waals surface area contributed by atoms with Gasteiger partial charge >= 0.3 is 0 Å². The molecule has 4 nitrogen and oxygen atoms in total. The van der Waals surface area contributed by atoms with Crippen molar-refractivity contribution in [3.63, 3.8) is 0 Å². The summed E-state index contributed by atoms with van der Waals surface area (Å²) in [5.41, 5.74) is 3.58. The van der Waals surface area contributed by atoms with Gasteiger partial charge in [-0.05, 0) is 37.1 Å². The molecule has 17 heavy (non-hydrogen) atoms. The molecular weight excluding hydrogens is 212 g/mol. The summed E-state index contributed by atoms with van der Waals surface area (Å²) in [7, 11) is 1.84. The summed E-state index contributed by atoms with van der Waals surface area (Å²) < 4.78 is 0. The zero-order valence-corrected chi connectivity index (χ0v) is 10.3. The number of nitrogens with zero attached hydrogens (tertiary/aromatic N) is 2. The molecule has 2 rings (SSSR count). The maximum atomic E-state index is 4.17. The Morgan fingerprint density at radius 3 is 2.41 bits per heavy atom. The topological polar surface area (TPSA) is 49.8 Å². The largest absolute Gasteiger partial charge is 0.373 e. The third-order valence-corrected chi connectivity index (χ3v) is 2.70. The molecule has 0 aliphatic carbocycles. The second-order valence-corrected chi connectivity index (χ2v) is 3.96. The molecule has 0 aliphatic heterocycles. The second kappa shape index (κ2) is 4.82. The summed E-state index contributed by atoms with van der Waals surface area (Å²) in [4.78, 5) is 8.24. The fraction of sp³-hybridized carbons (Fsp3) is 0.231. The van der Waals surface area contributed by atoms with Crippen molar-refractivity contribution >= 4 is 17.3 Å². The lowest BCUT2D eigenvalue weighted by Gasteiger charge is -2.08. The molecule has 2 aromatic rings. The Hall–Kier alpha value is -2.10. The van der Waals surface area contributed by atoms with Crippen LogP contribution in [-0.2, 0) is 0 Å². The summed E-state index contributed by atoms with van der Waals surface area (Å²) in [6.45, 7) is 4.20. The number of rotatable bonds is 3. The van der Waals surface area contributed by atoms with Crippen molar-refractivity contribution in [2.75, 3.05) is 17.7 Å². The Labute approximate surface area is 101 Å². The number of benzene rings is 1. The number of nitrogens with one attached hydrogen (secondary N) is 2. The van der Waals surface area contributed by atoms with E-state index in [4.69, 9.17) is 0 Å². The number of hydrogen-bond donors (Lipinski definition) is 2. The van der Waals surface area contributed by atoms with E-state index in [1.165, 1.54) is 17.5 Å². The van der Waals surface area contributed by atoms with Crippen molar-refractivity contribution in [2.24, 2.45) is 0 Å². The van der Waals surface area contributed by atoms with Gasteiger partial charge in [0.1, 0.15) is 18.0 Å². The van der Waals surface area contributed by atoms with Gasteiger partial charge < -0.3 is 10.6 Å². The van der Waals surface area contributed by atoms with Gasteiger partial charge in [-0.1, -0.05) is 6.07 Å². The fourth-order valence-electron chi connectivity index (χ4n) is 1.53. The van der Waals surface area contributed by atoms with Crippen molar-refractivity contribution in [3.05, 3.63) is 41.7 Å². The predicted octanol–water partition coefficient (Wildman–Crippen LogP) is 2.88. The van der Waals surface area contributed by atoms with Crippen LogP contribution in [0.15, 0.2) is 30.6 Å². The van der Waals surface area contributed by atoms with Crippen LogP contribution < -0.4 is 10.6 Å². The van der Waals surface area contributed by atoms with Gasteiger partial charge in [0.05, 0.1) is 0 Å². The Morgan fingerprint density at radius 2 is 1.71 bits per heavy atom. The highest BCUT2D eigenvalue weighted by molar-refractivity contribution is 5.60. The van der Waals surface area contributed by atoms with Crippen LogP contribution in [-0.4, -0.2) is 17.0 Å². The van der Waals surface area contributed by atoms with E-state index in [0.717, 1.165) is 17.3 Å². The van der Waals surface area contributed by atoms with E-state index in [1.54, 1.807) is 0 Å². The minimum atomic E-state index is 0.785. The van der Waals surface area contributed by atoms with Gasteiger partial charge in [-0.2, -0.15) is 0 Å². The summed E-state index contributed by atoms with van der Waals surface area (Å²) >= 11 is 0. The molecule has 0 saturated carbocycles. The minimum absolute atomic E-state index is 0.785. The lowest BCUT2D eigenvalue weighted by Crippen LogP contribution is -1.98. The molecule has 0 bridgehead atoms. The number of aromatic nitrogens is 2. The molecule has 1 aromatic heterocycles. The van der Waals surface area contributed by atoms with Crippen LogP contribution in [0.25, 0.3) is 0 Å². The third kappa shape index (κ3) is 2.72. The summed E-state index contributed by atoms with van der Waals surface area (Å²) in [5.74, 6) is 1.58. The quantitative estimate of drug-likeness (QED) is 0.848. The van der Waals surface area contributed by atoms with Crippen molar-refractivity contribution in [3.8, 4) is 0 Å². The van der Waals surface area contributed by atoms with Crippen molar-refractivity contribution in [1.82, 2.24) is 9.97 Å². The first-order chi connectivity index (χ1) is 8.19. The van der Waals surface area contributed by atoms with Crippen molar-refractivity contribution < 1.29 is 0 Å². The lowest BCUT2D eigenvalue weighted by molar-refractivity contribution is 1.16. The summed E-state index contributed by atoms with van der Waals surface area (Å²) in [5, 5.41) is 6.24. The van der Waals surface area contributed by atoms with E-state index in [-0.39, 0.29) is 0 Å². The highest BCUT2D eigenvalue weighted by atomic mass is 15.1. The molecular formula is C13H16N4. The molecule has 0 aliphatic rings. The smallest absolute Gasteiger partial charge is 0.135 e. The van der Waals surface area contributed by atoms with E-state index in [2.05, 4.69) is 46.6 Å². The van der Waals surface area contributed by atoms with Crippen LogP contribution in [0.4, 0.5) is 17.3 Å². The monoisotopic (exact) mass is 228 g/mol. The van der Waals surface area contributed by atoms with Crippen molar-refractivity contribution in [2.45, 2.75) is 13.8 Å². The summed E-state index contributed by atoms with van der Waals surface area (Å²) in [6, 6.07) is 8.12. The molecule has 0 atom stereocenters. The first-order valence-corrected chi connectivity index (χ1v) is 5.53. The van der Waals surface area contributed by atoms with Gasteiger partial charge in [0.2, 0.25) is 0 Å². The van der Waals surface area contributed by atoms with Gasteiger partial charge in [0, 0.05) is 18.8 Å². The average Bonchev–Trinajstić information content (AvgIpc) is 2.34. The Balaban J connectivity index is 2.22. The first-order valence-electron chi connectivity index (χ1n) is 5.53. The van der Waals surface area contributed by atoms with E-state index in [0.29, 0.717) is 0 Å². The molecule has 0 fully saturated rings. The number of hydrogen-bond acceptors (Lipinski definition) is 4. The second-order valence-electron chi connectivity index (χ2n) is 3.96. The molecule has 2 N–H and O–H groups in total. The Morgan fingerprint density at radius 1 is 0.941 bits per heavy atom. The van der Waals surface area contributed by atoms with Crippen LogP contribution in [0.2, 0.25) is 0 Å². The maximum Gasteiger partial charge on any atom is 0.135 e. The van der Waals surface area contributed by atoms with Gasteiger partial charge in [0.15, 0.2) is 0 Å². The zero-order valence-electron chi connectivity index (χ0n) is 10.3. The molecule has 0 amide bonds. The van der Waals surface area contributed by atoms with Crippen LogP contribution in [0, 0.1) is 13.8 Å². The molecule has 0 saturated heterocycles. The number of aryl methyl sites for hydroxylation is 2. The van der Waals surface area contributed by atoms with Gasteiger partial charge in [-0.15, -0.1) is 0 Å². The van der Waals surface area contributed by atoms with E-state index in [9.17, 15) is 0 Å². The SMILES string of the molecule is CNc1cc(Nc2ccc(C)c(C)c2)ncn1. The lowest BCUT2D eigenvalue weighted by atomic mass is 10.1. The van der Waals surface area contributed by atoms with Crippen LogP contribution in [0.3, 0.4) is 0 Å². The van der Waals surface area contributed by atoms with E-state index < -0.39 is 0 Å². The zero-order chi connectivity index (χ0) is 12.3. The van der Waals surface area contributed by atoms with Crippen LogP contribution in [0.1, 0.15) is 11.1 Å². The molecule has 4 heteroatoms. The van der Waals surface area contributed by atoms with E-state index in [1.807, 2.05) is 19.2 Å². The Kier molecular flexibility index (Phi) is 3.23. The third-order valence-electron chi connectivity index (χ3n) is 2.70. The minimum Gasteiger partial charge on any atom is -0.373 e. The summed E-state index contributed by atoms with van der Waals surface area (Å²) in [6.07, 6.45) is 1.54. The normalized spacial score (nSPS) is 10.1. The Bertz CT molecular complexity index is 523. The fourth-order valence-corrected chi connectivity index (χ4v) is 1.53. The highest BCUT2D eigenvalue weighted by Crippen LogP contribution is 2.19. The van der Waals surface area contributed by atoms with Crippen molar-refractivity contribution in [1.29, 1.82) is 0 Å². The maximum absolute atomic E-state index is 4.17. The molecule has 0 unspecified atom stereocenters. The van der Waals surface area contributed by atoms with Crippen LogP contribution >= 0.6 is 0 Å². The standard InChI is InChI=1S/C13H16N4/c1-9-4-5-11(6-10(9)2)17-13-7-12(14-3)15-8-16-13/h4-8H,1-3H3,(H2,14,15,16,17). The molecule has 1 heterocycles. The van der Waals surface area contributed by atoms with Gasteiger partial charge in [-0.25, -0.2) is 9.97 Å². The highest BCUT2D eigenvalue weighted by Gasteiger charge is 1.99. The average molecular weight is 228 g/mol. The van der Waals surface area contributed by atoms with Gasteiger partial charge in [-0.3, -0.25) is 0 Å². The molecule has 88 valence electrons.